The number of halogens is 2. The first kappa shape index (κ1) is 18.8. The van der Waals surface area contributed by atoms with Crippen LogP contribution in [0, 0.1) is 11.6 Å². The number of hydrogen-bond donors (Lipinski definition) is 3. The summed E-state index contributed by atoms with van der Waals surface area (Å²) in [6.45, 7) is 1.83. The van der Waals surface area contributed by atoms with Gasteiger partial charge in [0.05, 0.1) is 5.52 Å². The summed E-state index contributed by atoms with van der Waals surface area (Å²) in [5.41, 5.74) is 3.34. The number of carboxylic acids is 1. The van der Waals surface area contributed by atoms with Crippen molar-refractivity contribution >= 4 is 28.5 Å². The highest BCUT2D eigenvalue weighted by Gasteiger charge is 2.28. The maximum atomic E-state index is 13.8. The van der Waals surface area contributed by atoms with Crippen molar-refractivity contribution in [2.75, 3.05) is 0 Å². The minimum Gasteiger partial charge on any atom is -0.480 e. The van der Waals surface area contributed by atoms with Crippen LogP contribution in [-0.4, -0.2) is 33.0 Å². The van der Waals surface area contributed by atoms with Crippen molar-refractivity contribution in [3.63, 3.8) is 0 Å². The van der Waals surface area contributed by atoms with E-state index in [0.29, 0.717) is 12.0 Å². The summed E-state index contributed by atoms with van der Waals surface area (Å²) in [5, 5.41) is 12.1. The Morgan fingerprint density at radius 3 is 2.72 bits per heavy atom. The zero-order chi connectivity index (χ0) is 20.7. The molecular formula is C21H17F2N3O3. The van der Waals surface area contributed by atoms with Crippen LogP contribution in [-0.2, 0) is 22.4 Å². The number of rotatable bonds is 5. The molecule has 3 N–H and O–H groups in total. The number of hydrogen-bond acceptors (Lipinski definition) is 3. The fraction of sp³-hybridized carbons (Fsp3) is 0.190. The van der Waals surface area contributed by atoms with Gasteiger partial charge >= 0.3 is 5.97 Å². The number of allylic oxidation sites excluding steroid dienone is 1. The van der Waals surface area contributed by atoms with Crippen molar-refractivity contribution in [3.05, 3.63) is 70.6 Å². The molecule has 1 amide bonds. The van der Waals surface area contributed by atoms with E-state index in [9.17, 15) is 23.5 Å². The van der Waals surface area contributed by atoms with Gasteiger partial charge in [-0.05, 0) is 35.8 Å². The van der Waals surface area contributed by atoms with Gasteiger partial charge in [0, 0.05) is 18.4 Å². The molecule has 0 spiro atoms. The summed E-state index contributed by atoms with van der Waals surface area (Å²) < 4.78 is 27.2. The number of carbonyl (C=O) groups is 2. The highest BCUT2D eigenvalue weighted by molar-refractivity contribution is 6.04. The van der Waals surface area contributed by atoms with E-state index in [1.165, 1.54) is 6.07 Å². The van der Waals surface area contributed by atoms with Crippen LogP contribution in [0.15, 0.2) is 42.0 Å². The van der Waals surface area contributed by atoms with Crippen LogP contribution in [0.3, 0.4) is 0 Å². The fourth-order valence-corrected chi connectivity index (χ4v) is 3.58. The zero-order valence-electron chi connectivity index (χ0n) is 15.4. The molecule has 2 aromatic carbocycles. The van der Waals surface area contributed by atoms with Crippen molar-refractivity contribution in [2.45, 2.75) is 25.8 Å². The van der Waals surface area contributed by atoms with Crippen LogP contribution < -0.4 is 5.32 Å². The molecule has 0 bridgehead atoms. The number of imidazole rings is 1. The average molecular weight is 397 g/mol. The number of aromatic amines is 1. The summed E-state index contributed by atoms with van der Waals surface area (Å²) in [6.07, 6.45) is 0.228. The highest BCUT2D eigenvalue weighted by atomic mass is 19.2. The number of carboxylic acid groups (broad SMARTS) is 1. The molecule has 0 radical (unpaired) electrons. The van der Waals surface area contributed by atoms with Crippen molar-refractivity contribution in [3.8, 4) is 0 Å². The molecule has 1 heterocycles. The quantitative estimate of drug-likeness (QED) is 0.617. The summed E-state index contributed by atoms with van der Waals surface area (Å²) in [7, 11) is 0. The molecule has 1 aliphatic rings. The Bertz CT molecular complexity index is 1180. The van der Waals surface area contributed by atoms with Crippen LogP contribution in [0.5, 0.6) is 0 Å². The first-order valence-electron chi connectivity index (χ1n) is 8.99. The number of aromatic nitrogens is 2. The van der Waals surface area contributed by atoms with Crippen LogP contribution >= 0.6 is 0 Å². The number of carbonyl (C=O) groups excluding carboxylic acids is 1. The smallest absolute Gasteiger partial charge is 0.326 e. The molecule has 1 atom stereocenters. The number of fused-ring (bicyclic) bond motifs is 2. The van der Waals surface area contributed by atoms with Gasteiger partial charge in [-0.3, -0.25) is 4.79 Å². The predicted octanol–water partition coefficient (Wildman–Crippen LogP) is 2.98. The Balaban J connectivity index is 1.55. The van der Waals surface area contributed by atoms with E-state index in [2.05, 4.69) is 15.3 Å². The third-order valence-corrected chi connectivity index (χ3v) is 5.11. The topological polar surface area (TPSA) is 95.1 Å². The Kier molecular flexibility index (Phi) is 4.62. The van der Waals surface area contributed by atoms with Crippen LogP contribution in [0.2, 0.25) is 0 Å². The molecule has 8 heteroatoms. The van der Waals surface area contributed by atoms with Crippen LogP contribution in [0.1, 0.15) is 23.9 Å². The van der Waals surface area contributed by atoms with Gasteiger partial charge in [-0.2, -0.15) is 0 Å². The fourth-order valence-electron chi connectivity index (χ4n) is 3.58. The Morgan fingerprint density at radius 1 is 1.24 bits per heavy atom. The summed E-state index contributed by atoms with van der Waals surface area (Å²) in [4.78, 5) is 31.1. The van der Waals surface area contributed by atoms with Gasteiger partial charge in [0.15, 0.2) is 11.6 Å². The minimum absolute atomic E-state index is 0.137. The van der Waals surface area contributed by atoms with E-state index in [-0.39, 0.29) is 23.3 Å². The molecule has 0 saturated carbocycles. The van der Waals surface area contributed by atoms with Crippen molar-refractivity contribution in [2.24, 2.45) is 0 Å². The monoisotopic (exact) mass is 397 g/mol. The van der Waals surface area contributed by atoms with E-state index in [1.807, 2.05) is 31.2 Å². The first-order chi connectivity index (χ1) is 13.8. The Hall–Kier alpha value is -3.55. The zero-order valence-corrected chi connectivity index (χ0v) is 15.4. The minimum atomic E-state index is -1.28. The molecule has 0 aliphatic heterocycles. The van der Waals surface area contributed by atoms with E-state index >= 15 is 0 Å². The number of benzene rings is 2. The summed E-state index contributed by atoms with van der Waals surface area (Å²) in [6, 6.07) is 8.62. The molecule has 1 aliphatic carbocycles. The lowest BCUT2D eigenvalue weighted by Crippen LogP contribution is -2.43. The van der Waals surface area contributed by atoms with E-state index in [1.54, 1.807) is 0 Å². The van der Waals surface area contributed by atoms with Crippen LogP contribution in [0.4, 0.5) is 8.78 Å². The molecule has 1 aromatic heterocycles. The maximum absolute atomic E-state index is 13.8. The average Bonchev–Trinajstić information content (AvgIpc) is 3.26. The van der Waals surface area contributed by atoms with Gasteiger partial charge in [0.2, 0.25) is 5.91 Å². The normalized spacial score (nSPS) is 14.2. The number of nitrogens with zero attached hydrogens (tertiary/aromatic N) is 1. The second kappa shape index (κ2) is 7.12. The standard InChI is InChI=1S/C21H17F2N3O3/c1-10-12-5-3-2-4-11(12)8-13(10)20(27)25-16(21(28)29)9-17-24-15-7-6-14(22)18(23)19(15)26-17/h2-7,16H,8-9H2,1H3,(H,24,26)(H,25,27)(H,28,29)/t16-/m1/s1. The van der Waals surface area contributed by atoms with Gasteiger partial charge < -0.3 is 15.4 Å². The van der Waals surface area contributed by atoms with Gasteiger partial charge in [0.1, 0.15) is 17.4 Å². The number of H-pyrrole nitrogens is 1. The van der Waals surface area contributed by atoms with Gasteiger partial charge in [-0.15, -0.1) is 0 Å². The lowest BCUT2D eigenvalue weighted by Gasteiger charge is -2.14. The van der Waals surface area contributed by atoms with Gasteiger partial charge in [-0.25, -0.2) is 18.6 Å². The number of aliphatic carboxylic acids is 1. The Labute approximate surface area is 164 Å². The van der Waals surface area contributed by atoms with Gasteiger partial charge in [-0.1, -0.05) is 24.3 Å². The molecule has 148 valence electrons. The number of amides is 1. The molecule has 0 saturated heterocycles. The van der Waals surface area contributed by atoms with E-state index in [0.717, 1.165) is 22.8 Å². The molecule has 4 rings (SSSR count). The van der Waals surface area contributed by atoms with Crippen molar-refractivity contribution < 1.29 is 23.5 Å². The molecule has 0 fully saturated rings. The van der Waals surface area contributed by atoms with E-state index in [4.69, 9.17) is 0 Å². The van der Waals surface area contributed by atoms with Crippen LogP contribution in [0.25, 0.3) is 16.6 Å². The molecule has 3 aromatic rings. The lowest BCUT2D eigenvalue weighted by molar-refractivity contribution is -0.141. The lowest BCUT2D eigenvalue weighted by atomic mass is 10.1. The molecular weight excluding hydrogens is 380 g/mol. The highest BCUT2D eigenvalue weighted by Crippen LogP contribution is 2.32. The third-order valence-electron chi connectivity index (χ3n) is 5.11. The van der Waals surface area contributed by atoms with Crippen molar-refractivity contribution in [1.29, 1.82) is 0 Å². The first-order valence-corrected chi connectivity index (χ1v) is 8.99. The third kappa shape index (κ3) is 3.37. The maximum Gasteiger partial charge on any atom is 0.326 e. The van der Waals surface area contributed by atoms with E-state index < -0.39 is 29.6 Å². The van der Waals surface area contributed by atoms with Gasteiger partial charge in [0.25, 0.3) is 0 Å². The summed E-state index contributed by atoms with van der Waals surface area (Å²) in [5.74, 6) is -3.73. The second-order valence-electron chi connectivity index (χ2n) is 6.95. The molecule has 0 unspecified atom stereocenters. The SMILES string of the molecule is CC1=C(C(=O)N[C@H](Cc2nc3c(F)c(F)ccc3[nH]2)C(=O)O)Cc2ccccc21. The predicted molar refractivity (Wildman–Crippen MR) is 102 cm³/mol. The molecule has 6 nitrogen and oxygen atoms in total. The number of nitrogens with one attached hydrogen (secondary N) is 2. The van der Waals surface area contributed by atoms with Crippen molar-refractivity contribution in [1.82, 2.24) is 15.3 Å². The largest absolute Gasteiger partial charge is 0.480 e. The second-order valence-corrected chi connectivity index (χ2v) is 6.95. The Morgan fingerprint density at radius 2 is 2.00 bits per heavy atom. The molecule has 29 heavy (non-hydrogen) atoms. The summed E-state index contributed by atoms with van der Waals surface area (Å²) >= 11 is 0.